The number of carbonyl (C=O) groups excluding carboxylic acids is 2. The van der Waals surface area contributed by atoms with Gasteiger partial charge in [-0.15, -0.1) is 0 Å². The van der Waals surface area contributed by atoms with Crippen LogP contribution in [0.25, 0.3) is 0 Å². The highest BCUT2D eigenvalue weighted by molar-refractivity contribution is 5.85. The maximum absolute atomic E-state index is 13.0. The number of benzene rings is 1. The lowest BCUT2D eigenvalue weighted by molar-refractivity contribution is -0.160. The predicted octanol–water partition coefficient (Wildman–Crippen LogP) is 2.70. The van der Waals surface area contributed by atoms with Crippen molar-refractivity contribution < 1.29 is 14.3 Å². The first-order valence-electron chi connectivity index (χ1n) is 10.1. The average Bonchev–Trinajstić information content (AvgIpc) is 3.27. The molecule has 1 aromatic carbocycles. The molecule has 1 fully saturated rings. The van der Waals surface area contributed by atoms with Crippen molar-refractivity contribution in [2.45, 2.75) is 45.6 Å². The van der Waals surface area contributed by atoms with Crippen LogP contribution in [0.5, 0.6) is 0 Å². The molecule has 7 nitrogen and oxygen atoms in total. The number of ether oxygens (including phenoxy) is 1. The highest BCUT2D eigenvalue weighted by Gasteiger charge is 2.30. The molecular weight excluding hydrogens is 382 g/mol. The van der Waals surface area contributed by atoms with Crippen molar-refractivity contribution in [3.63, 3.8) is 0 Å². The zero-order valence-corrected chi connectivity index (χ0v) is 17.2. The zero-order valence-electron chi connectivity index (χ0n) is 17.2. The van der Waals surface area contributed by atoms with Gasteiger partial charge >= 0.3 is 5.97 Å². The number of hydrogen-bond donors (Lipinski definition) is 1. The monoisotopic (exact) mass is 407 g/mol. The second kappa shape index (κ2) is 9.40. The number of carbonyl (C=O) groups is 2. The maximum atomic E-state index is 13.0. The second-order valence-corrected chi connectivity index (χ2v) is 7.48. The first-order chi connectivity index (χ1) is 14.4. The number of aromatic nitrogens is 1. The normalized spacial score (nSPS) is 14.2. The summed E-state index contributed by atoms with van der Waals surface area (Å²) >= 11 is 0. The van der Waals surface area contributed by atoms with E-state index in [1.54, 1.807) is 30.9 Å². The summed E-state index contributed by atoms with van der Waals surface area (Å²) < 4.78 is 5.63. The molecule has 1 amide bonds. The molecule has 0 spiro atoms. The number of nitrogens with one attached hydrogen (secondary N) is 1. The maximum Gasteiger partial charge on any atom is 0.307 e. The van der Waals surface area contributed by atoms with Gasteiger partial charge in [-0.3, -0.25) is 14.4 Å². The van der Waals surface area contributed by atoms with Crippen molar-refractivity contribution in [3.05, 3.63) is 68.6 Å². The standard InChI is InChI=1S/C23H25N3O4/c1-15-18(16(2)25-22(28)19(15)14-24)10-11-20(27)30-21(17-8-4-3-5-9-17)23(29)26-12-6-7-13-26/h3-5,8-9,21H,6-7,10-13H2,1-2H3,(H,25,28). The lowest BCUT2D eigenvalue weighted by Gasteiger charge is -2.23. The highest BCUT2D eigenvalue weighted by Crippen LogP contribution is 2.24. The Morgan fingerprint density at radius 3 is 2.50 bits per heavy atom. The molecule has 2 aromatic rings. The van der Waals surface area contributed by atoms with Crippen LogP contribution in [-0.4, -0.2) is 34.8 Å². The third-order valence-corrected chi connectivity index (χ3v) is 5.49. The molecule has 3 rings (SSSR count). The molecular formula is C23H25N3O4. The number of aromatic amines is 1. The lowest BCUT2D eigenvalue weighted by Crippen LogP contribution is -2.35. The van der Waals surface area contributed by atoms with Gasteiger partial charge in [-0.1, -0.05) is 30.3 Å². The van der Waals surface area contributed by atoms with Crippen LogP contribution in [0, 0.1) is 25.2 Å². The van der Waals surface area contributed by atoms with E-state index >= 15 is 0 Å². The van der Waals surface area contributed by atoms with Gasteiger partial charge in [0, 0.05) is 30.8 Å². The quantitative estimate of drug-likeness (QED) is 0.742. The minimum Gasteiger partial charge on any atom is -0.447 e. The third-order valence-electron chi connectivity index (χ3n) is 5.49. The van der Waals surface area contributed by atoms with E-state index in [1.165, 1.54) is 0 Å². The summed E-state index contributed by atoms with van der Waals surface area (Å²) in [5.74, 6) is -0.699. The number of likely N-dealkylation sites (tertiary alicyclic amines) is 1. The van der Waals surface area contributed by atoms with Crippen LogP contribution in [0.4, 0.5) is 0 Å². The van der Waals surface area contributed by atoms with Crippen LogP contribution in [-0.2, 0) is 20.7 Å². The molecule has 30 heavy (non-hydrogen) atoms. The molecule has 2 heterocycles. The molecule has 156 valence electrons. The number of nitrogens with zero attached hydrogens (tertiary/aromatic N) is 2. The fourth-order valence-electron chi connectivity index (χ4n) is 3.83. The molecule has 0 saturated carbocycles. The number of amides is 1. The number of hydrogen-bond acceptors (Lipinski definition) is 5. The van der Waals surface area contributed by atoms with Gasteiger partial charge in [0.05, 0.1) is 0 Å². The number of esters is 1. The molecule has 1 unspecified atom stereocenters. The molecule has 1 aromatic heterocycles. The fourth-order valence-corrected chi connectivity index (χ4v) is 3.83. The van der Waals surface area contributed by atoms with E-state index in [1.807, 2.05) is 24.3 Å². The Bertz CT molecular complexity index is 1030. The number of pyridine rings is 1. The van der Waals surface area contributed by atoms with E-state index < -0.39 is 17.6 Å². The molecule has 0 radical (unpaired) electrons. The van der Waals surface area contributed by atoms with Crippen molar-refractivity contribution in [1.29, 1.82) is 5.26 Å². The first-order valence-corrected chi connectivity index (χ1v) is 10.1. The van der Waals surface area contributed by atoms with Gasteiger partial charge in [-0.05, 0) is 44.2 Å². The van der Waals surface area contributed by atoms with Crippen LogP contribution in [0.2, 0.25) is 0 Å². The third kappa shape index (κ3) is 4.60. The van der Waals surface area contributed by atoms with E-state index in [-0.39, 0.29) is 17.9 Å². The minimum atomic E-state index is -0.968. The van der Waals surface area contributed by atoms with Gasteiger partial charge in [0.1, 0.15) is 11.6 Å². The van der Waals surface area contributed by atoms with E-state index in [4.69, 9.17) is 4.74 Å². The van der Waals surface area contributed by atoms with Gasteiger partial charge in [-0.25, -0.2) is 0 Å². The first kappa shape index (κ1) is 21.3. The van der Waals surface area contributed by atoms with E-state index in [0.717, 1.165) is 18.4 Å². The van der Waals surface area contributed by atoms with Crippen LogP contribution in [0.1, 0.15) is 53.3 Å². The second-order valence-electron chi connectivity index (χ2n) is 7.48. The molecule has 1 atom stereocenters. The van der Waals surface area contributed by atoms with E-state index in [0.29, 0.717) is 36.3 Å². The molecule has 0 aliphatic carbocycles. The van der Waals surface area contributed by atoms with Gasteiger partial charge in [0.25, 0.3) is 11.5 Å². The highest BCUT2D eigenvalue weighted by atomic mass is 16.5. The number of H-pyrrole nitrogens is 1. The largest absolute Gasteiger partial charge is 0.447 e. The smallest absolute Gasteiger partial charge is 0.307 e. The lowest BCUT2D eigenvalue weighted by atomic mass is 9.99. The summed E-state index contributed by atoms with van der Waals surface area (Å²) in [6.07, 6.45) is 1.28. The van der Waals surface area contributed by atoms with Crippen LogP contribution in [0.15, 0.2) is 35.1 Å². The summed E-state index contributed by atoms with van der Waals surface area (Å²) in [6.45, 7) is 4.78. The number of nitriles is 1. The van der Waals surface area contributed by atoms with Crippen molar-refractivity contribution in [2.24, 2.45) is 0 Å². The summed E-state index contributed by atoms with van der Waals surface area (Å²) in [4.78, 5) is 41.9. The Labute approximate surface area is 175 Å². The Hall–Kier alpha value is -3.40. The van der Waals surface area contributed by atoms with Crippen molar-refractivity contribution in [2.75, 3.05) is 13.1 Å². The Morgan fingerprint density at radius 1 is 1.20 bits per heavy atom. The van der Waals surface area contributed by atoms with Crippen LogP contribution >= 0.6 is 0 Å². The van der Waals surface area contributed by atoms with Gasteiger partial charge in [0.15, 0.2) is 0 Å². The SMILES string of the molecule is Cc1[nH]c(=O)c(C#N)c(C)c1CCC(=O)OC(C(=O)N1CCCC1)c1ccccc1. The Balaban J connectivity index is 1.75. The summed E-state index contributed by atoms with van der Waals surface area (Å²) in [6, 6.07) is 10.9. The predicted molar refractivity (Wildman–Crippen MR) is 111 cm³/mol. The van der Waals surface area contributed by atoms with Crippen molar-refractivity contribution in [1.82, 2.24) is 9.88 Å². The van der Waals surface area contributed by atoms with E-state index in [9.17, 15) is 19.6 Å². The fraction of sp³-hybridized carbons (Fsp3) is 0.391. The van der Waals surface area contributed by atoms with Crippen molar-refractivity contribution in [3.8, 4) is 6.07 Å². The van der Waals surface area contributed by atoms with Crippen LogP contribution < -0.4 is 5.56 Å². The summed E-state index contributed by atoms with van der Waals surface area (Å²) in [5.41, 5.74) is 2.20. The topological polar surface area (TPSA) is 103 Å². The van der Waals surface area contributed by atoms with Gasteiger partial charge in [0.2, 0.25) is 6.10 Å². The Morgan fingerprint density at radius 2 is 1.87 bits per heavy atom. The molecule has 1 aliphatic heterocycles. The molecule has 1 N–H and O–H groups in total. The zero-order chi connectivity index (χ0) is 21.7. The molecule has 1 aliphatic rings. The van der Waals surface area contributed by atoms with E-state index in [2.05, 4.69) is 4.98 Å². The summed E-state index contributed by atoms with van der Waals surface area (Å²) in [7, 11) is 0. The molecule has 0 bridgehead atoms. The average molecular weight is 407 g/mol. The Kier molecular flexibility index (Phi) is 6.68. The molecule has 1 saturated heterocycles. The summed E-state index contributed by atoms with van der Waals surface area (Å²) in [5, 5.41) is 9.20. The van der Waals surface area contributed by atoms with Crippen LogP contribution in [0.3, 0.4) is 0 Å². The van der Waals surface area contributed by atoms with Crippen molar-refractivity contribution >= 4 is 11.9 Å². The van der Waals surface area contributed by atoms with Gasteiger partial charge in [-0.2, -0.15) is 5.26 Å². The minimum absolute atomic E-state index is 0.0369. The molecule has 7 heteroatoms. The van der Waals surface area contributed by atoms with Gasteiger partial charge < -0.3 is 14.6 Å². The number of aryl methyl sites for hydroxylation is 1. The number of rotatable bonds is 6.